The summed E-state index contributed by atoms with van der Waals surface area (Å²) in [5, 5.41) is 3.71. The SMILES string of the molecule is C=C(c1ccc(OC)c(/C=C/C(=O)Nc2ccccc2N)c1)c1nc(C)nc2ccccc12. The summed E-state index contributed by atoms with van der Waals surface area (Å²) in [4.78, 5) is 21.6. The van der Waals surface area contributed by atoms with Gasteiger partial charge in [-0.3, -0.25) is 4.79 Å². The Morgan fingerprint density at radius 2 is 1.82 bits per heavy atom. The molecular formula is C27H24N4O2. The molecule has 3 N–H and O–H groups in total. The molecule has 6 nitrogen and oxygen atoms in total. The van der Waals surface area contributed by atoms with Gasteiger partial charge >= 0.3 is 0 Å². The van der Waals surface area contributed by atoms with Crippen LogP contribution in [0.1, 0.15) is 22.6 Å². The number of amides is 1. The number of nitrogens with two attached hydrogens (primary N) is 1. The van der Waals surface area contributed by atoms with E-state index in [2.05, 4.69) is 21.9 Å². The number of carbonyl (C=O) groups is 1. The van der Waals surface area contributed by atoms with Crippen LogP contribution in [0.15, 0.2) is 79.4 Å². The van der Waals surface area contributed by atoms with Crippen molar-refractivity contribution in [3.8, 4) is 5.75 Å². The highest BCUT2D eigenvalue weighted by Crippen LogP contribution is 2.30. The third kappa shape index (κ3) is 4.75. The van der Waals surface area contributed by atoms with E-state index in [0.717, 1.165) is 33.3 Å². The Bertz CT molecular complexity index is 1390. The number of methoxy groups -OCH3 is 1. The average molecular weight is 437 g/mol. The molecule has 0 spiro atoms. The molecule has 4 rings (SSSR count). The van der Waals surface area contributed by atoms with Crippen molar-refractivity contribution in [3.63, 3.8) is 0 Å². The monoisotopic (exact) mass is 436 g/mol. The molecule has 0 radical (unpaired) electrons. The summed E-state index contributed by atoms with van der Waals surface area (Å²) in [5.41, 5.74) is 11.0. The summed E-state index contributed by atoms with van der Waals surface area (Å²) in [6.45, 7) is 6.16. The number of hydrogen-bond acceptors (Lipinski definition) is 5. The van der Waals surface area contributed by atoms with Crippen molar-refractivity contribution in [2.45, 2.75) is 6.92 Å². The molecule has 0 saturated carbocycles. The first-order chi connectivity index (χ1) is 16.0. The van der Waals surface area contributed by atoms with E-state index in [1.165, 1.54) is 6.08 Å². The minimum atomic E-state index is -0.295. The number of fused-ring (bicyclic) bond motifs is 1. The Balaban J connectivity index is 1.65. The van der Waals surface area contributed by atoms with Crippen LogP contribution >= 0.6 is 0 Å². The Labute approximate surface area is 192 Å². The lowest BCUT2D eigenvalue weighted by atomic mass is 9.98. The van der Waals surface area contributed by atoms with Gasteiger partial charge in [0.2, 0.25) is 5.91 Å². The third-order valence-corrected chi connectivity index (χ3v) is 5.21. The van der Waals surface area contributed by atoms with Crippen LogP contribution in [0.4, 0.5) is 11.4 Å². The quantitative estimate of drug-likeness (QED) is 0.319. The van der Waals surface area contributed by atoms with Gasteiger partial charge in [-0.25, -0.2) is 9.97 Å². The van der Waals surface area contributed by atoms with Gasteiger partial charge in [0.15, 0.2) is 0 Å². The highest BCUT2D eigenvalue weighted by molar-refractivity contribution is 6.04. The zero-order valence-corrected chi connectivity index (χ0v) is 18.5. The fourth-order valence-corrected chi connectivity index (χ4v) is 3.56. The van der Waals surface area contributed by atoms with Crippen LogP contribution in [0, 0.1) is 6.92 Å². The van der Waals surface area contributed by atoms with E-state index >= 15 is 0 Å². The standard InChI is InChI=1S/C27H24N4O2/c1-17(27-21-8-4-6-10-23(21)29-18(2)30-27)19-12-14-25(33-3)20(16-19)13-15-26(32)31-24-11-7-5-9-22(24)28/h4-16H,1,28H2,2-3H3,(H,31,32)/b15-13+. The molecular weight excluding hydrogens is 412 g/mol. The third-order valence-electron chi connectivity index (χ3n) is 5.21. The fourth-order valence-electron chi connectivity index (χ4n) is 3.56. The number of nitrogens with one attached hydrogen (secondary N) is 1. The number of carbonyl (C=O) groups excluding carboxylic acids is 1. The van der Waals surface area contributed by atoms with Crippen LogP contribution in [-0.4, -0.2) is 23.0 Å². The lowest BCUT2D eigenvalue weighted by Crippen LogP contribution is -2.09. The number of benzene rings is 3. The zero-order valence-electron chi connectivity index (χ0n) is 18.5. The maximum Gasteiger partial charge on any atom is 0.248 e. The Kier molecular flexibility index (Phi) is 6.17. The summed E-state index contributed by atoms with van der Waals surface area (Å²) in [7, 11) is 1.59. The van der Waals surface area contributed by atoms with Crippen LogP contribution < -0.4 is 15.8 Å². The predicted octanol–water partition coefficient (Wildman–Crippen LogP) is 5.24. The zero-order chi connectivity index (χ0) is 23.4. The predicted molar refractivity (Wildman–Crippen MR) is 134 cm³/mol. The van der Waals surface area contributed by atoms with Gasteiger partial charge in [-0.2, -0.15) is 0 Å². The van der Waals surface area contributed by atoms with Crippen molar-refractivity contribution in [2.24, 2.45) is 0 Å². The molecule has 3 aromatic carbocycles. The van der Waals surface area contributed by atoms with Crippen molar-refractivity contribution in [1.29, 1.82) is 0 Å². The van der Waals surface area contributed by atoms with Gasteiger partial charge in [-0.05, 0) is 48.9 Å². The molecule has 0 unspecified atom stereocenters. The largest absolute Gasteiger partial charge is 0.496 e. The molecule has 1 aromatic heterocycles. The first-order valence-electron chi connectivity index (χ1n) is 10.4. The number of nitrogens with zero attached hydrogens (tertiary/aromatic N) is 2. The number of anilines is 2. The summed E-state index contributed by atoms with van der Waals surface area (Å²) in [6, 6.07) is 20.7. The molecule has 0 aliphatic carbocycles. The van der Waals surface area contributed by atoms with Crippen LogP contribution in [0.2, 0.25) is 0 Å². The van der Waals surface area contributed by atoms with Gasteiger partial charge < -0.3 is 15.8 Å². The van der Waals surface area contributed by atoms with Gasteiger partial charge in [0.1, 0.15) is 11.6 Å². The van der Waals surface area contributed by atoms with Gasteiger partial charge in [-0.15, -0.1) is 0 Å². The number of ether oxygens (including phenoxy) is 1. The van der Waals surface area contributed by atoms with E-state index in [1.54, 1.807) is 25.3 Å². The topological polar surface area (TPSA) is 90.1 Å². The number of aromatic nitrogens is 2. The smallest absolute Gasteiger partial charge is 0.248 e. The normalized spacial score (nSPS) is 11.0. The summed E-state index contributed by atoms with van der Waals surface area (Å²) in [5.74, 6) is 1.02. The van der Waals surface area contributed by atoms with Gasteiger partial charge in [0, 0.05) is 22.6 Å². The maximum atomic E-state index is 12.4. The number of nitrogen functional groups attached to an aromatic ring is 1. The minimum Gasteiger partial charge on any atom is -0.496 e. The molecule has 1 heterocycles. The minimum absolute atomic E-state index is 0.295. The molecule has 0 saturated heterocycles. The second-order valence-electron chi connectivity index (χ2n) is 7.48. The molecule has 164 valence electrons. The molecule has 6 heteroatoms. The summed E-state index contributed by atoms with van der Waals surface area (Å²) < 4.78 is 5.49. The lowest BCUT2D eigenvalue weighted by Gasteiger charge is -2.12. The number of rotatable bonds is 6. The molecule has 0 bridgehead atoms. The second-order valence-corrected chi connectivity index (χ2v) is 7.48. The highest BCUT2D eigenvalue weighted by Gasteiger charge is 2.13. The Morgan fingerprint density at radius 1 is 1.06 bits per heavy atom. The second kappa shape index (κ2) is 9.36. The van der Waals surface area contributed by atoms with Crippen molar-refractivity contribution in [1.82, 2.24) is 9.97 Å². The van der Waals surface area contributed by atoms with Gasteiger partial charge in [-0.1, -0.05) is 43.0 Å². The fraction of sp³-hybridized carbons (Fsp3) is 0.0741. The van der Waals surface area contributed by atoms with E-state index in [4.69, 9.17) is 10.5 Å². The van der Waals surface area contributed by atoms with Crippen molar-refractivity contribution >= 4 is 39.8 Å². The van der Waals surface area contributed by atoms with Crippen LogP contribution in [0.5, 0.6) is 5.75 Å². The molecule has 4 aromatic rings. The summed E-state index contributed by atoms with van der Waals surface area (Å²) in [6.07, 6.45) is 3.15. The van der Waals surface area contributed by atoms with Crippen molar-refractivity contribution in [2.75, 3.05) is 18.2 Å². The maximum absolute atomic E-state index is 12.4. The van der Waals surface area contributed by atoms with Crippen LogP contribution in [-0.2, 0) is 4.79 Å². The van der Waals surface area contributed by atoms with E-state index in [0.29, 0.717) is 22.9 Å². The highest BCUT2D eigenvalue weighted by atomic mass is 16.5. The van der Waals surface area contributed by atoms with Crippen molar-refractivity contribution in [3.05, 3.63) is 102 Å². The molecule has 0 aliphatic rings. The van der Waals surface area contributed by atoms with E-state index in [1.807, 2.05) is 61.5 Å². The molecule has 1 amide bonds. The number of hydrogen-bond donors (Lipinski definition) is 2. The lowest BCUT2D eigenvalue weighted by molar-refractivity contribution is -0.111. The summed E-state index contributed by atoms with van der Waals surface area (Å²) >= 11 is 0. The van der Waals surface area contributed by atoms with Gasteiger partial charge in [0.25, 0.3) is 0 Å². The first-order valence-corrected chi connectivity index (χ1v) is 10.4. The van der Waals surface area contributed by atoms with E-state index in [9.17, 15) is 4.79 Å². The molecule has 0 atom stereocenters. The first kappa shape index (κ1) is 21.8. The number of aryl methyl sites for hydroxylation is 1. The van der Waals surface area contributed by atoms with Gasteiger partial charge in [0.05, 0.1) is 29.7 Å². The van der Waals surface area contributed by atoms with E-state index < -0.39 is 0 Å². The molecule has 0 fully saturated rings. The Morgan fingerprint density at radius 3 is 2.61 bits per heavy atom. The average Bonchev–Trinajstić information content (AvgIpc) is 2.83. The van der Waals surface area contributed by atoms with Crippen LogP contribution in [0.25, 0.3) is 22.6 Å². The number of para-hydroxylation sites is 3. The molecule has 33 heavy (non-hydrogen) atoms. The Hall–Kier alpha value is -4.45. The van der Waals surface area contributed by atoms with Crippen LogP contribution in [0.3, 0.4) is 0 Å². The van der Waals surface area contributed by atoms with E-state index in [-0.39, 0.29) is 5.91 Å². The molecule has 0 aliphatic heterocycles. The van der Waals surface area contributed by atoms with Crippen molar-refractivity contribution < 1.29 is 9.53 Å².